The Labute approximate surface area is 118 Å². The molecule has 1 aliphatic rings. The first-order valence-corrected chi connectivity index (χ1v) is 6.80. The molecule has 6 nitrogen and oxygen atoms in total. The van der Waals surface area contributed by atoms with Crippen LogP contribution in [-0.4, -0.2) is 54.9 Å². The fraction of sp³-hybridized carbons (Fsp3) is 0.500. The largest absolute Gasteiger partial charge is 0.478 e. The molecule has 1 heterocycles. The van der Waals surface area contributed by atoms with Crippen LogP contribution in [0.5, 0.6) is 0 Å². The Kier molecular flexibility index (Phi) is 4.81. The van der Waals surface area contributed by atoms with Gasteiger partial charge in [-0.05, 0) is 24.7 Å². The summed E-state index contributed by atoms with van der Waals surface area (Å²) in [5.41, 5.74) is 7.01. The van der Waals surface area contributed by atoms with Crippen LogP contribution in [0.4, 0.5) is 11.4 Å². The van der Waals surface area contributed by atoms with Crippen molar-refractivity contribution >= 4 is 17.3 Å². The molecule has 1 fully saturated rings. The van der Waals surface area contributed by atoms with E-state index in [-0.39, 0.29) is 11.7 Å². The van der Waals surface area contributed by atoms with Crippen LogP contribution in [0.15, 0.2) is 18.2 Å². The standard InChI is InChI=1S/C14H21N3O3/c1-2-17-5-6-20-11(9-17)8-16-13-7-10(15)3-4-12(13)14(18)19/h3-4,7,11,16H,2,5-6,8-9,15H2,1H3,(H,18,19). The van der Waals surface area contributed by atoms with Gasteiger partial charge in [-0.3, -0.25) is 4.90 Å². The molecule has 2 rings (SSSR count). The molecule has 0 aromatic heterocycles. The average molecular weight is 279 g/mol. The van der Waals surface area contributed by atoms with Crippen molar-refractivity contribution in [2.24, 2.45) is 0 Å². The molecule has 1 saturated heterocycles. The minimum Gasteiger partial charge on any atom is -0.478 e. The van der Waals surface area contributed by atoms with Crippen LogP contribution in [0, 0.1) is 0 Å². The lowest BCUT2D eigenvalue weighted by Gasteiger charge is -2.32. The highest BCUT2D eigenvalue weighted by molar-refractivity contribution is 5.95. The van der Waals surface area contributed by atoms with Crippen molar-refractivity contribution in [3.8, 4) is 0 Å². The first kappa shape index (κ1) is 14.6. The zero-order chi connectivity index (χ0) is 14.5. The minimum atomic E-state index is -0.966. The molecule has 1 aromatic carbocycles. The van der Waals surface area contributed by atoms with Gasteiger partial charge in [0.05, 0.1) is 24.0 Å². The maximum Gasteiger partial charge on any atom is 0.337 e. The van der Waals surface area contributed by atoms with Crippen LogP contribution < -0.4 is 11.1 Å². The maximum absolute atomic E-state index is 11.2. The number of carboxylic acid groups (broad SMARTS) is 1. The van der Waals surface area contributed by atoms with Crippen LogP contribution in [0.1, 0.15) is 17.3 Å². The minimum absolute atomic E-state index is 0.0618. The fourth-order valence-corrected chi connectivity index (χ4v) is 2.31. The van der Waals surface area contributed by atoms with Gasteiger partial charge in [0.15, 0.2) is 0 Å². The second kappa shape index (κ2) is 6.58. The highest BCUT2D eigenvalue weighted by atomic mass is 16.5. The van der Waals surface area contributed by atoms with Gasteiger partial charge in [0.2, 0.25) is 0 Å². The number of nitrogens with one attached hydrogen (secondary N) is 1. The summed E-state index contributed by atoms with van der Waals surface area (Å²) < 4.78 is 5.68. The highest BCUT2D eigenvalue weighted by Gasteiger charge is 2.19. The van der Waals surface area contributed by atoms with Gasteiger partial charge in [-0.15, -0.1) is 0 Å². The van der Waals surface area contributed by atoms with E-state index in [1.54, 1.807) is 12.1 Å². The second-order valence-electron chi connectivity index (χ2n) is 4.88. The number of ether oxygens (including phenoxy) is 1. The number of carbonyl (C=O) groups is 1. The molecule has 20 heavy (non-hydrogen) atoms. The molecule has 0 saturated carbocycles. The lowest BCUT2D eigenvalue weighted by molar-refractivity contribution is -0.0191. The number of hydrogen-bond donors (Lipinski definition) is 3. The predicted octanol–water partition coefficient (Wildman–Crippen LogP) is 1.10. The van der Waals surface area contributed by atoms with E-state index >= 15 is 0 Å². The van der Waals surface area contributed by atoms with Gasteiger partial charge < -0.3 is 20.9 Å². The van der Waals surface area contributed by atoms with Crippen LogP contribution in [0.25, 0.3) is 0 Å². The van der Waals surface area contributed by atoms with Gasteiger partial charge in [0.1, 0.15) is 0 Å². The van der Waals surface area contributed by atoms with E-state index in [1.807, 2.05) is 0 Å². The number of hydrogen-bond acceptors (Lipinski definition) is 5. The third-order valence-electron chi connectivity index (χ3n) is 3.46. The molecule has 110 valence electrons. The number of nitrogen functional groups attached to an aromatic ring is 1. The molecule has 0 amide bonds. The molecule has 1 unspecified atom stereocenters. The van der Waals surface area contributed by atoms with Gasteiger partial charge >= 0.3 is 5.97 Å². The number of anilines is 2. The molecule has 1 aliphatic heterocycles. The topological polar surface area (TPSA) is 87.8 Å². The Hall–Kier alpha value is -1.79. The molecule has 0 spiro atoms. The summed E-state index contributed by atoms with van der Waals surface area (Å²) in [6.45, 7) is 6.21. The van der Waals surface area contributed by atoms with Crippen molar-refractivity contribution in [2.75, 3.05) is 43.8 Å². The molecule has 0 radical (unpaired) electrons. The predicted molar refractivity (Wildman–Crippen MR) is 78.2 cm³/mol. The number of benzene rings is 1. The number of rotatable bonds is 5. The summed E-state index contributed by atoms with van der Waals surface area (Å²) in [5.74, 6) is -0.966. The maximum atomic E-state index is 11.2. The molecule has 1 atom stereocenters. The van der Waals surface area contributed by atoms with E-state index in [4.69, 9.17) is 15.6 Å². The van der Waals surface area contributed by atoms with E-state index in [0.29, 0.717) is 24.5 Å². The number of nitrogens with zero attached hydrogens (tertiary/aromatic N) is 1. The quantitative estimate of drug-likeness (QED) is 0.700. The highest BCUT2D eigenvalue weighted by Crippen LogP contribution is 2.19. The first-order chi connectivity index (χ1) is 9.60. The van der Waals surface area contributed by atoms with Crippen LogP contribution in [0.3, 0.4) is 0 Å². The van der Waals surface area contributed by atoms with Crippen LogP contribution >= 0.6 is 0 Å². The average Bonchev–Trinajstić information content (AvgIpc) is 2.45. The van der Waals surface area contributed by atoms with E-state index in [1.165, 1.54) is 6.07 Å². The number of morpholine rings is 1. The Balaban J connectivity index is 1.99. The van der Waals surface area contributed by atoms with Crippen molar-refractivity contribution in [1.29, 1.82) is 0 Å². The normalized spacial score (nSPS) is 19.8. The Morgan fingerprint density at radius 3 is 3.10 bits per heavy atom. The summed E-state index contributed by atoms with van der Waals surface area (Å²) in [6, 6.07) is 4.74. The number of nitrogens with two attached hydrogens (primary N) is 1. The van der Waals surface area contributed by atoms with Crippen molar-refractivity contribution in [2.45, 2.75) is 13.0 Å². The lowest BCUT2D eigenvalue weighted by atomic mass is 10.1. The first-order valence-electron chi connectivity index (χ1n) is 6.80. The molecule has 4 N–H and O–H groups in total. The van der Waals surface area contributed by atoms with E-state index in [9.17, 15) is 4.79 Å². The summed E-state index contributed by atoms with van der Waals surface area (Å²) in [7, 11) is 0. The zero-order valence-electron chi connectivity index (χ0n) is 11.6. The van der Waals surface area contributed by atoms with Crippen molar-refractivity contribution in [3.05, 3.63) is 23.8 Å². The van der Waals surface area contributed by atoms with E-state index in [0.717, 1.165) is 19.6 Å². The number of aromatic carboxylic acids is 1. The Bertz CT molecular complexity index is 479. The second-order valence-corrected chi connectivity index (χ2v) is 4.88. The summed E-state index contributed by atoms with van der Waals surface area (Å²) in [6.07, 6.45) is 0.0618. The molecular weight excluding hydrogens is 258 g/mol. The Morgan fingerprint density at radius 2 is 2.40 bits per heavy atom. The monoisotopic (exact) mass is 279 g/mol. The summed E-state index contributed by atoms with van der Waals surface area (Å²) in [4.78, 5) is 13.5. The summed E-state index contributed by atoms with van der Waals surface area (Å²) >= 11 is 0. The van der Waals surface area contributed by atoms with Gasteiger partial charge in [0.25, 0.3) is 0 Å². The molecular formula is C14H21N3O3. The van der Waals surface area contributed by atoms with Crippen LogP contribution in [0.2, 0.25) is 0 Å². The van der Waals surface area contributed by atoms with Gasteiger partial charge in [-0.1, -0.05) is 6.92 Å². The van der Waals surface area contributed by atoms with Crippen molar-refractivity contribution in [1.82, 2.24) is 4.90 Å². The summed E-state index contributed by atoms with van der Waals surface area (Å²) in [5, 5.41) is 12.3. The van der Waals surface area contributed by atoms with Crippen LogP contribution in [-0.2, 0) is 4.74 Å². The SMILES string of the molecule is CCN1CCOC(CNc2cc(N)ccc2C(=O)O)C1. The third-order valence-corrected chi connectivity index (χ3v) is 3.46. The van der Waals surface area contributed by atoms with Gasteiger partial charge in [-0.2, -0.15) is 0 Å². The molecule has 1 aromatic rings. The fourth-order valence-electron chi connectivity index (χ4n) is 2.31. The smallest absolute Gasteiger partial charge is 0.337 e. The zero-order valence-corrected chi connectivity index (χ0v) is 11.6. The van der Waals surface area contributed by atoms with E-state index in [2.05, 4.69) is 17.1 Å². The van der Waals surface area contributed by atoms with Crippen molar-refractivity contribution in [3.63, 3.8) is 0 Å². The Morgan fingerprint density at radius 1 is 1.60 bits per heavy atom. The van der Waals surface area contributed by atoms with E-state index < -0.39 is 5.97 Å². The van der Waals surface area contributed by atoms with Gasteiger partial charge in [0, 0.05) is 25.3 Å². The van der Waals surface area contributed by atoms with Crippen molar-refractivity contribution < 1.29 is 14.6 Å². The third kappa shape index (κ3) is 3.61. The molecule has 6 heteroatoms. The number of likely N-dealkylation sites (N-methyl/N-ethyl adjacent to an activating group) is 1. The molecule has 0 bridgehead atoms. The number of carboxylic acids is 1. The molecule has 0 aliphatic carbocycles. The van der Waals surface area contributed by atoms with Gasteiger partial charge in [-0.25, -0.2) is 4.79 Å². The lowest BCUT2D eigenvalue weighted by Crippen LogP contribution is -2.45.